The zero-order chi connectivity index (χ0) is 24.0. The molecule has 1 aliphatic carbocycles. The van der Waals surface area contributed by atoms with Crippen LogP contribution in [0.2, 0.25) is 0 Å². The molecule has 5 rings (SSSR count). The van der Waals surface area contributed by atoms with Gasteiger partial charge in [0.15, 0.2) is 11.5 Å². The minimum absolute atomic E-state index is 0.0579. The lowest BCUT2D eigenvalue weighted by molar-refractivity contribution is -0.136. The second-order valence-corrected chi connectivity index (χ2v) is 9.99. The van der Waals surface area contributed by atoms with Gasteiger partial charge in [0.1, 0.15) is 17.6 Å². The summed E-state index contributed by atoms with van der Waals surface area (Å²) >= 11 is 6.52. The predicted molar refractivity (Wildman–Crippen MR) is 128 cm³/mol. The van der Waals surface area contributed by atoms with E-state index in [4.69, 9.17) is 21.1 Å². The number of rotatable bonds is 5. The number of Topliss-reactive ketones (excluding diaryl/α,β-unsaturated/α-hetero) is 1. The van der Waals surface area contributed by atoms with E-state index >= 15 is 0 Å². The summed E-state index contributed by atoms with van der Waals surface area (Å²) in [6.45, 7) is 2.46. The van der Waals surface area contributed by atoms with Crippen LogP contribution >= 0.6 is 11.6 Å². The van der Waals surface area contributed by atoms with Crippen molar-refractivity contribution < 1.29 is 24.2 Å². The van der Waals surface area contributed by atoms with E-state index in [-0.39, 0.29) is 46.5 Å². The number of halogens is 1. The molecule has 1 amide bonds. The minimum Gasteiger partial charge on any atom is -0.508 e. The second-order valence-electron chi connectivity index (χ2n) is 9.43. The van der Waals surface area contributed by atoms with Gasteiger partial charge >= 0.3 is 0 Å². The van der Waals surface area contributed by atoms with Gasteiger partial charge in [-0.15, -0.1) is 11.6 Å². The Kier molecular flexibility index (Phi) is 6.02. The highest BCUT2D eigenvalue weighted by atomic mass is 35.5. The van der Waals surface area contributed by atoms with E-state index in [2.05, 4.69) is 6.92 Å². The average Bonchev–Trinajstić information content (AvgIpc) is 3.11. The molecule has 1 N–H and O–H groups in total. The molecular weight excluding hydrogens is 454 g/mol. The number of fused-ring (bicyclic) bond motifs is 1. The molecule has 0 spiro atoms. The first-order chi connectivity index (χ1) is 16.4. The number of phenolic OH excluding ortho intramolecular Hbond substituents is 1. The Morgan fingerprint density at radius 1 is 1.15 bits per heavy atom. The van der Waals surface area contributed by atoms with Crippen molar-refractivity contribution in [3.05, 3.63) is 71.0 Å². The number of benzene rings is 2. The van der Waals surface area contributed by atoms with Crippen LogP contribution in [0, 0.1) is 11.8 Å². The predicted octanol–water partition coefficient (Wildman–Crippen LogP) is 4.40. The molecule has 0 saturated heterocycles. The van der Waals surface area contributed by atoms with Crippen LogP contribution in [0.3, 0.4) is 0 Å². The van der Waals surface area contributed by atoms with Gasteiger partial charge in [-0.25, -0.2) is 0 Å². The summed E-state index contributed by atoms with van der Waals surface area (Å²) < 4.78 is 11.5. The van der Waals surface area contributed by atoms with Crippen LogP contribution in [-0.2, 0) is 20.7 Å². The summed E-state index contributed by atoms with van der Waals surface area (Å²) in [7, 11) is 1.62. The Bertz CT molecular complexity index is 1140. The highest BCUT2D eigenvalue weighted by molar-refractivity contribution is 6.21. The number of hydrogen-bond acceptors (Lipinski definition) is 5. The Hall–Kier alpha value is -2.99. The molecule has 1 fully saturated rings. The molecule has 0 radical (unpaired) electrons. The van der Waals surface area contributed by atoms with Crippen molar-refractivity contribution in [1.82, 2.24) is 4.90 Å². The number of phenols is 1. The Morgan fingerprint density at radius 2 is 1.91 bits per heavy atom. The van der Waals surface area contributed by atoms with Crippen LogP contribution in [0.15, 0.2) is 59.9 Å². The fourth-order valence-electron chi connectivity index (χ4n) is 5.38. The Labute approximate surface area is 204 Å². The summed E-state index contributed by atoms with van der Waals surface area (Å²) in [5.41, 5.74) is 2.13. The molecule has 178 valence electrons. The van der Waals surface area contributed by atoms with Gasteiger partial charge in [-0.05, 0) is 60.6 Å². The lowest BCUT2D eigenvalue weighted by Gasteiger charge is -2.40. The van der Waals surface area contributed by atoms with E-state index in [1.54, 1.807) is 30.2 Å². The maximum Gasteiger partial charge on any atom is 0.290 e. The first-order valence-corrected chi connectivity index (χ1v) is 12.1. The van der Waals surface area contributed by atoms with Crippen molar-refractivity contribution in [2.75, 3.05) is 13.7 Å². The fourth-order valence-corrected chi connectivity index (χ4v) is 5.67. The van der Waals surface area contributed by atoms with Gasteiger partial charge in [0.05, 0.1) is 24.6 Å². The molecule has 5 atom stereocenters. The number of carbonyl (C=O) groups excluding carboxylic acids is 2. The third-order valence-electron chi connectivity index (χ3n) is 7.29. The van der Waals surface area contributed by atoms with E-state index in [9.17, 15) is 14.7 Å². The van der Waals surface area contributed by atoms with Crippen molar-refractivity contribution in [3.8, 4) is 11.5 Å². The van der Waals surface area contributed by atoms with Crippen molar-refractivity contribution in [2.24, 2.45) is 11.8 Å². The minimum atomic E-state index is -0.602. The van der Waals surface area contributed by atoms with Gasteiger partial charge in [-0.3, -0.25) is 9.59 Å². The number of alkyl halides is 1. The summed E-state index contributed by atoms with van der Waals surface area (Å²) in [5, 5.41) is 10.0. The van der Waals surface area contributed by atoms with Crippen LogP contribution < -0.4 is 4.74 Å². The van der Waals surface area contributed by atoms with E-state index in [0.29, 0.717) is 36.9 Å². The SMILES string of the molecule is COc1ccc(CCN2C(=O)C3=C(C(=O)C4CC(Cl)C(C)CC4O3)C2c2cccc(O)c2)cc1. The molecule has 6 nitrogen and oxygen atoms in total. The number of methoxy groups -OCH3 is 1. The normalized spacial score (nSPS) is 28.4. The van der Waals surface area contributed by atoms with Crippen molar-refractivity contribution >= 4 is 23.3 Å². The summed E-state index contributed by atoms with van der Waals surface area (Å²) in [5.74, 6) is 0.540. The van der Waals surface area contributed by atoms with Crippen LogP contribution in [-0.4, -0.2) is 46.8 Å². The second kappa shape index (κ2) is 8.99. The number of carbonyl (C=O) groups is 2. The Morgan fingerprint density at radius 3 is 2.62 bits per heavy atom. The summed E-state index contributed by atoms with van der Waals surface area (Å²) in [4.78, 5) is 29.0. The molecule has 2 aliphatic heterocycles. The molecule has 3 aliphatic rings. The topological polar surface area (TPSA) is 76.1 Å². The van der Waals surface area contributed by atoms with Gasteiger partial charge in [-0.1, -0.05) is 31.2 Å². The number of aromatic hydroxyl groups is 1. The smallest absolute Gasteiger partial charge is 0.290 e. The average molecular weight is 482 g/mol. The zero-order valence-corrected chi connectivity index (χ0v) is 20.0. The maximum absolute atomic E-state index is 13.7. The van der Waals surface area contributed by atoms with Gasteiger partial charge in [0.25, 0.3) is 5.91 Å². The van der Waals surface area contributed by atoms with E-state index in [1.165, 1.54) is 0 Å². The molecule has 7 heteroatoms. The van der Waals surface area contributed by atoms with E-state index in [0.717, 1.165) is 11.3 Å². The van der Waals surface area contributed by atoms with Gasteiger partial charge in [-0.2, -0.15) is 0 Å². The summed E-state index contributed by atoms with van der Waals surface area (Å²) in [6.07, 6.45) is 1.46. The standard InChI is InChI=1S/C27H28ClNO5/c1-15-12-22-20(14-21(15)28)25(31)23-24(17-4-3-5-18(30)13-17)29(27(32)26(23)34-22)11-10-16-6-8-19(33-2)9-7-16/h3-9,13,15,20-22,24,30H,10-12,14H2,1-2H3. The highest BCUT2D eigenvalue weighted by Crippen LogP contribution is 2.48. The zero-order valence-electron chi connectivity index (χ0n) is 19.2. The number of nitrogens with zero attached hydrogens (tertiary/aromatic N) is 1. The van der Waals surface area contributed by atoms with Crippen molar-refractivity contribution in [1.29, 1.82) is 0 Å². The lowest BCUT2D eigenvalue weighted by atomic mass is 9.74. The van der Waals surface area contributed by atoms with Crippen LogP contribution in [0.4, 0.5) is 0 Å². The Balaban J connectivity index is 1.48. The maximum atomic E-state index is 13.7. The number of amides is 1. The highest BCUT2D eigenvalue weighted by Gasteiger charge is 2.53. The monoisotopic (exact) mass is 481 g/mol. The molecule has 2 aromatic carbocycles. The van der Waals surface area contributed by atoms with Crippen LogP contribution in [0.1, 0.15) is 36.9 Å². The van der Waals surface area contributed by atoms with Crippen LogP contribution in [0.5, 0.6) is 11.5 Å². The number of ether oxygens (including phenoxy) is 2. The lowest BCUT2D eigenvalue weighted by Crippen LogP contribution is -2.44. The van der Waals surface area contributed by atoms with Crippen LogP contribution in [0.25, 0.3) is 0 Å². The van der Waals surface area contributed by atoms with Gasteiger partial charge in [0.2, 0.25) is 0 Å². The quantitative estimate of drug-likeness (QED) is 0.640. The van der Waals surface area contributed by atoms with Gasteiger partial charge < -0.3 is 19.5 Å². The molecule has 2 heterocycles. The summed E-state index contributed by atoms with van der Waals surface area (Å²) in [6, 6.07) is 13.9. The first kappa shape index (κ1) is 22.8. The first-order valence-electron chi connectivity index (χ1n) is 11.7. The van der Waals surface area contributed by atoms with E-state index in [1.807, 2.05) is 30.3 Å². The molecule has 5 unspecified atom stereocenters. The number of hydrogen-bond donors (Lipinski definition) is 1. The molecular formula is C27H28ClNO5. The molecule has 0 aromatic heterocycles. The molecule has 2 aromatic rings. The molecule has 0 bridgehead atoms. The fraction of sp³-hybridized carbons (Fsp3) is 0.407. The number of ketones is 1. The third-order valence-corrected chi connectivity index (χ3v) is 7.90. The van der Waals surface area contributed by atoms with Crippen molar-refractivity contribution in [2.45, 2.75) is 43.7 Å². The third kappa shape index (κ3) is 3.94. The largest absolute Gasteiger partial charge is 0.508 e. The molecule has 34 heavy (non-hydrogen) atoms. The van der Waals surface area contributed by atoms with Crippen molar-refractivity contribution in [3.63, 3.8) is 0 Å². The van der Waals surface area contributed by atoms with Gasteiger partial charge in [0, 0.05) is 11.9 Å². The molecule has 1 saturated carbocycles. The van der Waals surface area contributed by atoms with E-state index < -0.39 is 6.04 Å².